The first-order chi connectivity index (χ1) is 8.95. The highest BCUT2D eigenvalue weighted by Crippen LogP contribution is 2.10. The highest BCUT2D eigenvalue weighted by molar-refractivity contribution is 7.89. The van der Waals surface area contributed by atoms with Crippen LogP contribution in [0.5, 0.6) is 0 Å². The first kappa shape index (κ1) is 16.9. The molecule has 0 saturated carbocycles. The molecule has 0 spiro atoms. The number of sulfonamides is 1. The molecule has 5 nitrogen and oxygen atoms in total. The molecular weight excluding hydrogens is 262 g/mol. The standard InChI is InChI=1S/C13H29N3O2S/c1-4-5-13-19(17,18)16-11-9-15(10-12-16)8-6-7-14(2)3/h4-13H2,1-3H3. The summed E-state index contributed by atoms with van der Waals surface area (Å²) in [7, 11) is 1.16. The Balaban J connectivity index is 2.28. The maximum atomic E-state index is 12.1. The summed E-state index contributed by atoms with van der Waals surface area (Å²) in [5.41, 5.74) is 0. The van der Waals surface area contributed by atoms with Gasteiger partial charge in [0.1, 0.15) is 0 Å². The minimum atomic E-state index is -3.00. The van der Waals surface area contributed by atoms with E-state index in [-0.39, 0.29) is 0 Å². The van der Waals surface area contributed by atoms with Crippen molar-refractivity contribution in [3.05, 3.63) is 0 Å². The topological polar surface area (TPSA) is 43.9 Å². The molecule has 114 valence electrons. The van der Waals surface area contributed by atoms with E-state index in [0.717, 1.165) is 45.4 Å². The molecular formula is C13H29N3O2S. The molecule has 0 amide bonds. The van der Waals surface area contributed by atoms with Gasteiger partial charge >= 0.3 is 0 Å². The van der Waals surface area contributed by atoms with E-state index in [1.807, 2.05) is 6.92 Å². The fraction of sp³-hybridized carbons (Fsp3) is 1.00. The van der Waals surface area contributed by atoms with E-state index in [0.29, 0.717) is 18.8 Å². The number of hydrogen-bond donors (Lipinski definition) is 0. The number of nitrogens with zero attached hydrogens (tertiary/aromatic N) is 3. The second-order valence-corrected chi connectivity index (χ2v) is 7.66. The lowest BCUT2D eigenvalue weighted by molar-refractivity contribution is 0.181. The average Bonchev–Trinajstić information content (AvgIpc) is 2.37. The molecule has 0 bridgehead atoms. The Morgan fingerprint density at radius 3 is 2.21 bits per heavy atom. The number of unbranched alkanes of at least 4 members (excludes halogenated alkanes) is 1. The van der Waals surface area contributed by atoms with E-state index in [4.69, 9.17) is 0 Å². The predicted octanol–water partition coefficient (Wildman–Crippen LogP) is 0.686. The molecule has 0 aromatic carbocycles. The Hall–Kier alpha value is -0.170. The van der Waals surface area contributed by atoms with Crippen LogP contribution in [0.1, 0.15) is 26.2 Å². The van der Waals surface area contributed by atoms with Gasteiger partial charge in [-0.2, -0.15) is 4.31 Å². The second-order valence-electron chi connectivity index (χ2n) is 5.57. The van der Waals surface area contributed by atoms with Crippen molar-refractivity contribution < 1.29 is 8.42 Å². The first-order valence-electron chi connectivity index (χ1n) is 7.30. The van der Waals surface area contributed by atoms with Gasteiger partial charge in [-0.15, -0.1) is 0 Å². The lowest BCUT2D eigenvalue weighted by Gasteiger charge is -2.34. The molecule has 1 rings (SSSR count). The van der Waals surface area contributed by atoms with Crippen LogP contribution >= 0.6 is 0 Å². The molecule has 0 unspecified atom stereocenters. The van der Waals surface area contributed by atoms with Gasteiger partial charge in [-0.1, -0.05) is 13.3 Å². The van der Waals surface area contributed by atoms with Crippen LogP contribution in [0, 0.1) is 0 Å². The normalized spacial score (nSPS) is 19.2. The molecule has 1 saturated heterocycles. The van der Waals surface area contributed by atoms with Gasteiger partial charge in [-0.05, 0) is 40.0 Å². The summed E-state index contributed by atoms with van der Waals surface area (Å²) in [6.07, 6.45) is 2.85. The summed E-state index contributed by atoms with van der Waals surface area (Å²) in [5.74, 6) is 0.310. The first-order valence-corrected chi connectivity index (χ1v) is 8.91. The lowest BCUT2D eigenvalue weighted by atomic mass is 10.3. The van der Waals surface area contributed by atoms with E-state index < -0.39 is 10.0 Å². The van der Waals surface area contributed by atoms with Crippen molar-refractivity contribution in [1.82, 2.24) is 14.1 Å². The van der Waals surface area contributed by atoms with Gasteiger partial charge in [-0.25, -0.2) is 8.42 Å². The van der Waals surface area contributed by atoms with Crippen LogP contribution < -0.4 is 0 Å². The molecule has 19 heavy (non-hydrogen) atoms. The zero-order valence-electron chi connectivity index (χ0n) is 12.6. The van der Waals surface area contributed by atoms with Crippen LogP contribution in [0.2, 0.25) is 0 Å². The van der Waals surface area contributed by atoms with Gasteiger partial charge in [0.15, 0.2) is 0 Å². The Morgan fingerprint density at radius 2 is 1.68 bits per heavy atom. The van der Waals surface area contributed by atoms with Gasteiger partial charge < -0.3 is 9.80 Å². The second kappa shape index (κ2) is 8.19. The van der Waals surface area contributed by atoms with E-state index in [9.17, 15) is 8.42 Å². The maximum absolute atomic E-state index is 12.1. The predicted molar refractivity (Wildman–Crippen MR) is 79.9 cm³/mol. The Bertz CT molecular complexity index is 336. The van der Waals surface area contributed by atoms with Crippen molar-refractivity contribution in [2.24, 2.45) is 0 Å². The molecule has 1 aliphatic heterocycles. The van der Waals surface area contributed by atoms with Crippen LogP contribution in [0.4, 0.5) is 0 Å². The molecule has 0 aliphatic carbocycles. The van der Waals surface area contributed by atoms with Crippen molar-refractivity contribution in [3.63, 3.8) is 0 Å². The number of piperazine rings is 1. The molecule has 1 aliphatic rings. The van der Waals surface area contributed by atoms with Crippen LogP contribution in [0.15, 0.2) is 0 Å². The van der Waals surface area contributed by atoms with Crippen molar-refractivity contribution in [2.75, 3.05) is 59.1 Å². The smallest absolute Gasteiger partial charge is 0.214 e. The quantitative estimate of drug-likeness (QED) is 0.660. The third-order valence-electron chi connectivity index (χ3n) is 3.56. The van der Waals surface area contributed by atoms with Gasteiger partial charge in [0.2, 0.25) is 10.0 Å². The molecule has 0 aromatic heterocycles. The van der Waals surface area contributed by atoms with Crippen LogP contribution in [0.3, 0.4) is 0 Å². The minimum absolute atomic E-state index is 0.310. The molecule has 6 heteroatoms. The Kier molecular flexibility index (Phi) is 7.28. The van der Waals surface area contributed by atoms with Gasteiger partial charge in [0.25, 0.3) is 0 Å². The van der Waals surface area contributed by atoms with Crippen molar-refractivity contribution in [1.29, 1.82) is 0 Å². The SMILES string of the molecule is CCCCS(=O)(=O)N1CCN(CCCN(C)C)CC1. The molecule has 0 radical (unpaired) electrons. The van der Waals surface area contributed by atoms with Crippen LogP contribution in [-0.2, 0) is 10.0 Å². The largest absolute Gasteiger partial charge is 0.309 e. The highest BCUT2D eigenvalue weighted by atomic mass is 32.2. The summed E-state index contributed by atoms with van der Waals surface area (Å²) in [4.78, 5) is 4.56. The third kappa shape index (κ3) is 6.21. The lowest BCUT2D eigenvalue weighted by Crippen LogP contribution is -2.49. The van der Waals surface area contributed by atoms with Crippen molar-refractivity contribution >= 4 is 10.0 Å². The Labute approximate surface area is 118 Å². The molecule has 0 aromatic rings. The molecule has 0 atom stereocenters. The van der Waals surface area contributed by atoms with Gasteiger partial charge in [0.05, 0.1) is 5.75 Å². The fourth-order valence-electron chi connectivity index (χ4n) is 2.30. The summed E-state index contributed by atoms with van der Waals surface area (Å²) in [6.45, 7) is 7.26. The monoisotopic (exact) mass is 291 g/mol. The molecule has 1 heterocycles. The summed E-state index contributed by atoms with van der Waals surface area (Å²) in [6, 6.07) is 0. The van der Waals surface area contributed by atoms with E-state index >= 15 is 0 Å². The zero-order valence-corrected chi connectivity index (χ0v) is 13.5. The summed E-state index contributed by atoms with van der Waals surface area (Å²) >= 11 is 0. The number of hydrogen-bond acceptors (Lipinski definition) is 4. The van der Waals surface area contributed by atoms with Gasteiger partial charge in [0, 0.05) is 26.2 Å². The van der Waals surface area contributed by atoms with Crippen molar-refractivity contribution in [2.45, 2.75) is 26.2 Å². The Morgan fingerprint density at radius 1 is 1.05 bits per heavy atom. The maximum Gasteiger partial charge on any atom is 0.214 e. The van der Waals surface area contributed by atoms with Crippen molar-refractivity contribution in [3.8, 4) is 0 Å². The molecule has 0 N–H and O–H groups in total. The van der Waals surface area contributed by atoms with E-state index in [1.165, 1.54) is 0 Å². The fourth-order valence-corrected chi connectivity index (χ4v) is 3.93. The third-order valence-corrected chi connectivity index (χ3v) is 5.52. The molecule has 1 fully saturated rings. The van der Waals surface area contributed by atoms with E-state index in [2.05, 4.69) is 23.9 Å². The van der Waals surface area contributed by atoms with Gasteiger partial charge in [-0.3, -0.25) is 0 Å². The van der Waals surface area contributed by atoms with E-state index in [1.54, 1.807) is 4.31 Å². The van der Waals surface area contributed by atoms with Crippen LogP contribution in [0.25, 0.3) is 0 Å². The zero-order chi connectivity index (χ0) is 14.3. The highest BCUT2D eigenvalue weighted by Gasteiger charge is 2.25. The minimum Gasteiger partial charge on any atom is -0.309 e. The summed E-state index contributed by atoms with van der Waals surface area (Å²) < 4.78 is 25.8. The average molecular weight is 291 g/mol. The van der Waals surface area contributed by atoms with Crippen LogP contribution in [-0.4, -0.2) is 81.6 Å². The number of rotatable bonds is 8. The summed E-state index contributed by atoms with van der Waals surface area (Å²) in [5, 5.41) is 0.